The van der Waals surface area contributed by atoms with Crippen molar-refractivity contribution in [1.82, 2.24) is 5.16 Å². The molecule has 0 aliphatic rings. The first kappa shape index (κ1) is 10.8. The lowest BCUT2D eigenvalue weighted by molar-refractivity contribution is 0.167. The monoisotopic (exact) mass is 218 g/mol. The van der Waals surface area contributed by atoms with Gasteiger partial charge in [0, 0.05) is 5.56 Å². The van der Waals surface area contributed by atoms with Gasteiger partial charge < -0.3 is 9.26 Å². The number of anilines is 1. The van der Waals surface area contributed by atoms with E-state index in [0.717, 1.165) is 11.3 Å². The molecule has 0 radical (unpaired) electrons. The van der Waals surface area contributed by atoms with E-state index in [1.807, 2.05) is 0 Å². The highest BCUT2D eigenvalue weighted by molar-refractivity contribution is 6.18. The molecule has 0 unspecified atom stereocenters. The Kier molecular flexibility index (Phi) is 3.76. The van der Waals surface area contributed by atoms with Crippen molar-refractivity contribution in [2.45, 2.75) is 13.8 Å². The summed E-state index contributed by atoms with van der Waals surface area (Å²) in [6, 6.07) is 0. The summed E-state index contributed by atoms with van der Waals surface area (Å²) in [5.74, 6) is 0.573. The van der Waals surface area contributed by atoms with Crippen LogP contribution in [0.15, 0.2) is 4.52 Å². The van der Waals surface area contributed by atoms with Crippen LogP contribution < -0.4 is 5.32 Å². The van der Waals surface area contributed by atoms with Crippen molar-refractivity contribution in [3.8, 4) is 0 Å². The maximum absolute atomic E-state index is 11.1. The Morgan fingerprint density at radius 3 is 2.86 bits per heavy atom. The van der Waals surface area contributed by atoms with Gasteiger partial charge in [-0.25, -0.2) is 4.79 Å². The summed E-state index contributed by atoms with van der Waals surface area (Å²) in [6.45, 7) is 3.75. The number of hydrogen-bond acceptors (Lipinski definition) is 4. The molecule has 6 heteroatoms. The summed E-state index contributed by atoms with van der Waals surface area (Å²) in [7, 11) is 0. The number of nitrogens with zero attached hydrogens (tertiary/aromatic N) is 1. The van der Waals surface area contributed by atoms with E-state index >= 15 is 0 Å². The molecule has 0 saturated heterocycles. The van der Waals surface area contributed by atoms with Gasteiger partial charge in [-0.2, -0.15) is 0 Å². The summed E-state index contributed by atoms with van der Waals surface area (Å²) in [4.78, 5) is 11.1. The van der Waals surface area contributed by atoms with E-state index in [9.17, 15) is 4.79 Å². The summed E-state index contributed by atoms with van der Waals surface area (Å²) < 4.78 is 9.54. The van der Waals surface area contributed by atoms with Gasteiger partial charge in [0.25, 0.3) is 0 Å². The first-order valence-electron chi connectivity index (χ1n) is 4.07. The molecule has 0 fully saturated rings. The minimum Gasteiger partial charge on any atom is -0.448 e. The van der Waals surface area contributed by atoms with Crippen LogP contribution in [-0.4, -0.2) is 23.7 Å². The van der Waals surface area contributed by atoms with Gasteiger partial charge in [-0.15, -0.1) is 11.6 Å². The van der Waals surface area contributed by atoms with Crippen molar-refractivity contribution in [3.63, 3.8) is 0 Å². The average molecular weight is 219 g/mol. The number of hydrogen-bond donors (Lipinski definition) is 1. The first-order valence-corrected chi connectivity index (χ1v) is 4.61. The van der Waals surface area contributed by atoms with Gasteiger partial charge in [-0.1, -0.05) is 5.16 Å². The van der Waals surface area contributed by atoms with Crippen molar-refractivity contribution in [2.75, 3.05) is 17.8 Å². The topological polar surface area (TPSA) is 64.4 Å². The van der Waals surface area contributed by atoms with E-state index in [2.05, 4.69) is 15.2 Å². The van der Waals surface area contributed by atoms with Gasteiger partial charge in [0.15, 0.2) is 0 Å². The van der Waals surface area contributed by atoms with Crippen molar-refractivity contribution in [2.24, 2.45) is 0 Å². The van der Waals surface area contributed by atoms with Crippen LogP contribution in [0.2, 0.25) is 0 Å². The number of alkyl halides is 1. The van der Waals surface area contributed by atoms with Crippen LogP contribution in [-0.2, 0) is 4.74 Å². The minimum absolute atomic E-state index is 0.166. The Balaban J connectivity index is 2.52. The number of rotatable bonds is 3. The molecule has 0 aromatic carbocycles. The molecule has 1 rings (SSSR count). The van der Waals surface area contributed by atoms with Crippen LogP contribution in [0.1, 0.15) is 11.3 Å². The average Bonchev–Trinajstić information content (AvgIpc) is 2.46. The molecule has 0 bridgehead atoms. The Hall–Kier alpha value is -1.23. The van der Waals surface area contributed by atoms with Crippen molar-refractivity contribution in [3.05, 3.63) is 11.3 Å². The number of aryl methyl sites for hydroxylation is 1. The van der Waals surface area contributed by atoms with Gasteiger partial charge in [-0.05, 0) is 13.8 Å². The van der Waals surface area contributed by atoms with Crippen molar-refractivity contribution >= 4 is 23.6 Å². The quantitative estimate of drug-likeness (QED) is 0.789. The van der Waals surface area contributed by atoms with Gasteiger partial charge in [0.05, 0.1) is 11.6 Å². The molecular weight excluding hydrogens is 208 g/mol. The van der Waals surface area contributed by atoms with E-state index in [0.29, 0.717) is 5.88 Å². The number of nitrogens with one attached hydrogen (secondary N) is 1. The Morgan fingerprint density at radius 1 is 1.64 bits per heavy atom. The van der Waals surface area contributed by atoms with Gasteiger partial charge in [0.1, 0.15) is 6.61 Å². The summed E-state index contributed by atoms with van der Waals surface area (Å²) in [5, 5.41) is 6.10. The molecule has 5 nitrogen and oxygen atoms in total. The van der Waals surface area contributed by atoms with Gasteiger partial charge in [-0.3, -0.25) is 5.32 Å². The molecule has 0 spiro atoms. The van der Waals surface area contributed by atoms with Crippen molar-refractivity contribution < 1.29 is 14.1 Å². The largest absolute Gasteiger partial charge is 0.448 e. The van der Waals surface area contributed by atoms with Crippen LogP contribution in [0, 0.1) is 13.8 Å². The molecule has 1 aromatic heterocycles. The fraction of sp³-hybridized carbons (Fsp3) is 0.500. The molecule has 0 aliphatic heterocycles. The Bertz CT molecular complexity index is 324. The molecule has 78 valence electrons. The first-order chi connectivity index (χ1) is 6.65. The molecule has 0 atom stereocenters. The maximum Gasteiger partial charge on any atom is 0.414 e. The van der Waals surface area contributed by atoms with Crippen LogP contribution >= 0.6 is 11.6 Å². The zero-order valence-electron chi connectivity index (χ0n) is 7.96. The third-order valence-corrected chi connectivity index (χ3v) is 1.84. The van der Waals surface area contributed by atoms with Gasteiger partial charge >= 0.3 is 6.09 Å². The summed E-state index contributed by atoms with van der Waals surface area (Å²) >= 11 is 5.34. The van der Waals surface area contributed by atoms with E-state index in [4.69, 9.17) is 16.1 Å². The lowest BCUT2D eigenvalue weighted by atomic mass is 10.3. The number of ether oxygens (including phenoxy) is 1. The normalized spacial score (nSPS) is 9.93. The molecule has 1 aromatic rings. The second-order valence-electron chi connectivity index (χ2n) is 2.67. The zero-order valence-corrected chi connectivity index (χ0v) is 8.72. The van der Waals surface area contributed by atoms with Crippen LogP contribution in [0.3, 0.4) is 0 Å². The van der Waals surface area contributed by atoms with Crippen LogP contribution in [0.4, 0.5) is 10.7 Å². The molecule has 0 aliphatic carbocycles. The number of carbonyl (C=O) groups is 1. The summed E-state index contributed by atoms with van der Waals surface area (Å²) in [6.07, 6.45) is -0.593. The Morgan fingerprint density at radius 2 is 2.36 bits per heavy atom. The lowest BCUT2D eigenvalue weighted by Gasteiger charge is -2.02. The third kappa shape index (κ3) is 2.63. The van der Waals surface area contributed by atoms with Gasteiger partial charge in [0.2, 0.25) is 5.88 Å². The molecule has 1 amide bonds. The highest BCUT2D eigenvalue weighted by Crippen LogP contribution is 2.17. The molecule has 1 heterocycles. The standard InChI is InChI=1S/C8H11ClN2O3/c1-5-6(2)11-14-7(5)10-8(12)13-4-3-9/h3-4H2,1-2H3,(H,10,12). The molecule has 1 N–H and O–H groups in total. The zero-order chi connectivity index (χ0) is 10.6. The molecular formula is C8H11ClN2O3. The smallest absolute Gasteiger partial charge is 0.414 e. The van der Waals surface area contributed by atoms with E-state index in [1.54, 1.807) is 13.8 Å². The molecule has 14 heavy (non-hydrogen) atoms. The lowest BCUT2D eigenvalue weighted by Crippen LogP contribution is -2.15. The van der Waals surface area contributed by atoms with Crippen molar-refractivity contribution in [1.29, 1.82) is 0 Å². The van der Waals surface area contributed by atoms with Crippen LogP contribution in [0.5, 0.6) is 0 Å². The van der Waals surface area contributed by atoms with E-state index in [-0.39, 0.29) is 12.5 Å². The van der Waals surface area contributed by atoms with Crippen LogP contribution in [0.25, 0.3) is 0 Å². The predicted octanol–water partition coefficient (Wildman–Crippen LogP) is 2.08. The second-order valence-corrected chi connectivity index (χ2v) is 3.05. The second kappa shape index (κ2) is 4.85. The fourth-order valence-electron chi connectivity index (χ4n) is 0.792. The van der Waals surface area contributed by atoms with E-state index < -0.39 is 6.09 Å². The summed E-state index contributed by atoms with van der Waals surface area (Å²) in [5.41, 5.74) is 1.52. The third-order valence-electron chi connectivity index (χ3n) is 1.68. The highest BCUT2D eigenvalue weighted by Gasteiger charge is 2.11. The van der Waals surface area contributed by atoms with E-state index in [1.165, 1.54) is 0 Å². The molecule has 0 saturated carbocycles. The Labute approximate surface area is 86.3 Å². The fourth-order valence-corrected chi connectivity index (χ4v) is 0.869. The number of halogens is 1. The minimum atomic E-state index is -0.593. The maximum atomic E-state index is 11.1. The highest BCUT2D eigenvalue weighted by atomic mass is 35.5. The number of amides is 1. The number of carbonyl (C=O) groups excluding carboxylic acids is 1. The predicted molar refractivity (Wildman–Crippen MR) is 51.7 cm³/mol. The SMILES string of the molecule is Cc1noc(NC(=O)OCCCl)c1C. The number of aromatic nitrogens is 1.